The fourth-order valence-corrected chi connectivity index (χ4v) is 3.88. The molecule has 0 amide bonds. The third-order valence-electron chi connectivity index (χ3n) is 5.83. The first-order chi connectivity index (χ1) is 20.7. The number of nitrogens with one attached hydrogen (secondary N) is 3. The number of benzene rings is 2. The molecule has 3 aromatic heterocycles. The molecule has 1 unspecified atom stereocenters. The number of amidine groups is 1. The molecule has 3 heterocycles. The molecule has 0 spiro atoms. The van der Waals surface area contributed by atoms with E-state index < -0.39 is 17.7 Å². The topological polar surface area (TPSA) is 207 Å². The van der Waals surface area contributed by atoms with Crippen LogP contribution in [0.5, 0.6) is 11.5 Å². The number of pyridine rings is 1. The molecular formula is C29H29N9O5. The number of aromatic nitrogens is 6. The Hall–Kier alpha value is -6.05. The second-order valence-electron chi connectivity index (χ2n) is 8.96. The summed E-state index contributed by atoms with van der Waals surface area (Å²) in [5, 5.41) is 30.8. The van der Waals surface area contributed by atoms with Crippen LogP contribution in [0.15, 0.2) is 90.1 Å². The number of aromatic amines is 1. The SMILES string of the molecule is CC(=O)O.COc1cc(C(Nc2ccc(C(=N)N)cc2)c2nn(-c3cccnn3)c(=O)[nH]2)ccc1OCc1cccnc1. The summed E-state index contributed by atoms with van der Waals surface area (Å²) in [5.41, 5.74) is 8.11. The molecule has 0 radical (unpaired) electrons. The zero-order chi connectivity index (χ0) is 30.8. The minimum Gasteiger partial charge on any atom is -0.493 e. The number of methoxy groups -OCH3 is 1. The molecule has 1 atom stereocenters. The molecule has 0 aliphatic carbocycles. The Morgan fingerprint density at radius 1 is 1.12 bits per heavy atom. The smallest absolute Gasteiger partial charge is 0.349 e. The maximum atomic E-state index is 12.8. The minimum atomic E-state index is -0.833. The average Bonchev–Trinajstić information content (AvgIpc) is 3.40. The Labute approximate surface area is 245 Å². The van der Waals surface area contributed by atoms with Crippen LogP contribution in [0.3, 0.4) is 0 Å². The van der Waals surface area contributed by atoms with Gasteiger partial charge >= 0.3 is 5.69 Å². The first-order valence-electron chi connectivity index (χ1n) is 12.8. The zero-order valence-electron chi connectivity index (χ0n) is 23.3. The number of hydrogen-bond donors (Lipinski definition) is 5. The Balaban J connectivity index is 0.000000996. The molecule has 43 heavy (non-hydrogen) atoms. The van der Waals surface area contributed by atoms with E-state index in [9.17, 15) is 4.79 Å². The third-order valence-corrected chi connectivity index (χ3v) is 5.83. The molecule has 2 aromatic carbocycles. The standard InChI is InChI=1S/C27H25N9O3.C2H4O2/c1-38-22-14-19(8-11-21(22)39-16-17-4-2-12-30-15-17)24(32-20-9-6-18(7-10-20)25(28)29)26-33-27(37)36(35-26)23-5-3-13-31-34-23;1-2(3)4/h2-15,24,32H,16H2,1H3,(H3,28,29)(H,33,35,37);1H3,(H,3,4). The number of hydrogen-bond acceptors (Lipinski definition) is 10. The molecule has 0 aliphatic heterocycles. The molecule has 14 heteroatoms. The summed E-state index contributed by atoms with van der Waals surface area (Å²) in [4.78, 5) is 28.7. The molecule has 6 N–H and O–H groups in total. The first kappa shape index (κ1) is 29.9. The summed E-state index contributed by atoms with van der Waals surface area (Å²) in [6.45, 7) is 1.41. The number of H-pyrrole nitrogens is 1. The average molecular weight is 584 g/mol. The van der Waals surface area contributed by atoms with Gasteiger partial charge < -0.3 is 25.6 Å². The van der Waals surface area contributed by atoms with E-state index in [2.05, 4.69) is 30.6 Å². The highest BCUT2D eigenvalue weighted by Gasteiger charge is 2.22. The normalized spacial score (nSPS) is 11.0. The maximum absolute atomic E-state index is 12.8. The number of carbonyl (C=O) groups is 1. The molecule has 5 aromatic rings. The molecule has 0 aliphatic rings. The van der Waals surface area contributed by atoms with Crippen molar-refractivity contribution in [3.8, 4) is 17.3 Å². The van der Waals surface area contributed by atoms with Crippen LogP contribution in [-0.4, -0.2) is 54.0 Å². The highest BCUT2D eigenvalue weighted by atomic mass is 16.5. The van der Waals surface area contributed by atoms with Crippen LogP contribution in [0.25, 0.3) is 5.82 Å². The van der Waals surface area contributed by atoms with Crippen LogP contribution in [0.1, 0.15) is 35.5 Å². The van der Waals surface area contributed by atoms with Crippen LogP contribution in [-0.2, 0) is 11.4 Å². The van der Waals surface area contributed by atoms with Crippen LogP contribution in [0.2, 0.25) is 0 Å². The van der Waals surface area contributed by atoms with Crippen LogP contribution >= 0.6 is 0 Å². The van der Waals surface area contributed by atoms with E-state index in [0.29, 0.717) is 29.5 Å². The molecule has 5 rings (SSSR count). The van der Waals surface area contributed by atoms with Gasteiger partial charge in [0.1, 0.15) is 18.5 Å². The number of carboxylic acids is 1. The molecule has 0 fully saturated rings. The maximum Gasteiger partial charge on any atom is 0.349 e. The van der Waals surface area contributed by atoms with E-state index in [0.717, 1.165) is 28.4 Å². The fraction of sp³-hybridized carbons (Fsp3) is 0.138. The van der Waals surface area contributed by atoms with E-state index in [4.69, 9.17) is 30.5 Å². The fourth-order valence-electron chi connectivity index (χ4n) is 3.88. The van der Waals surface area contributed by atoms with Crippen molar-refractivity contribution in [1.82, 2.24) is 29.9 Å². The lowest BCUT2D eigenvalue weighted by atomic mass is 10.0. The number of nitrogens with zero attached hydrogens (tertiary/aromatic N) is 5. The van der Waals surface area contributed by atoms with Crippen molar-refractivity contribution >= 4 is 17.5 Å². The van der Waals surface area contributed by atoms with Gasteiger partial charge in [-0.1, -0.05) is 12.1 Å². The van der Waals surface area contributed by atoms with Gasteiger partial charge in [-0.15, -0.1) is 10.2 Å². The van der Waals surface area contributed by atoms with Crippen LogP contribution in [0.4, 0.5) is 5.69 Å². The van der Waals surface area contributed by atoms with Gasteiger partial charge in [0.25, 0.3) is 5.97 Å². The van der Waals surface area contributed by atoms with Crippen LogP contribution < -0.4 is 26.2 Å². The second-order valence-corrected chi connectivity index (χ2v) is 8.96. The molecule has 0 saturated heterocycles. The minimum absolute atomic E-state index is 0.0308. The van der Waals surface area contributed by atoms with Crippen molar-refractivity contribution in [2.24, 2.45) is 5.73 Å². The largest absolute Gasteiger partial charge is 0.493 e. The van der Waals surface area contributed by atoms with Crippen molar-refractivity contribution in [2.75, 3.05) is 12.4 Å². The van der Waals surface area contributed by atoms with Gasteiger partial charge in [0, 0.05) is 42.3 Å². The molecule has 0 saturated carbocycles. The number of nitrogen functional groups attached to an aromatic ring is 1. The predicted molar refractivity (Wildman–Crippen MR) is 158 cm³/mol. The van der Waals surface area contributed by atoms with Gasteiger partial charge in [-0.05, 0) is 60.2 Å². The van der Waals surface area contributed by atoms with Gasteiger partial charge in [-0.25, -0.2) is 4.79 Å². The van der Waals surface area contributed by atoms with Crippen molar-refractivity contribution in [3.05, 3.63) is 118 Å². The van der Waals surface area contributed by atoms with Gasteiger partial charge in [-0.2, -0.15) is 9.78 Å². The Bertz CT molecular complexity index is 1720. The number of rotatable bonds is 10. The van der Waals surface area contributed by atoms with Gasteiger partial charge in [0.2, 0.25) is 0 Å². The summed E-state index contributed by atoms with van der Waals surface area (Å²) in [7, 11) is 1.56. The monoisotopic (exact) mass is 583 g/mol. The van der Waals surface area contributed by atoms with Gasteiger partial charge in [0.05, 0.1) is 7.11 Å². The third kappa shape index (κ3) is 8.00. The first-order valence-corrected chi connectivity index (χ1v) is 12.8. The molecule has 14 nitrogen and oxygen atoms in total. The van der Waals surface area contributed by atoms with Crippen molar-refractivity contribution in [3.63, 3.8) is 0 Å². The van der Waals surface area contributed by atoms with E-state index in [-0.39, 0.29) is 11.7 Å². The second kappa shape index (κ2) is 14.0. The number of nitrogens with two attached hydrogens (primary N) is 1. The molecule has 0 bridgehead atoms. The predicted octanol–water partition coefficient (Wildman–Crippen LogP) is 2.91. The highest BCUT2D eigenvalue weighted by molar-refractivity contribution is 5.95. The summed E-state index contributed by atoms with van der Waals surface area (Å²) in [6.07, 6.45) is 4.96. The Kier molecular flexibility index (Phi) is 9.76. The van der Waals surface area contributed by atoms with Crippen molar-refractivity contribution in [1.29, 1.82) is 5.41 Å². The number of carboxylic acid groups (broad SMARTS) is 1. The lowest BCUT2D eigenvalue weighted by Crippen LogP contribution is -2.17. The Morgan fingerprint density at radius 3 is 2.49 bits per heavy atom. The van der Waals surface area contributed by atoms with Crippen LogP contribution in [0, 0.1) is 5.41 Å². The van der Waals surface area contributed by atoms with Gasteiger partial charge in [-0.3, -0.25) is 20.2 Å². The summed E-state index contributed by atoms with van der Waals surface area (Å²) in [6, 6.07) is 19.0. The van der Waals surface area contributed by atoms with E-state index >= 15 is 0 Å². The summed E-state index contributed by atoms with van der Waals surface area (Å²) >= 11 is 0. The van der Waals surface area contributed by atoms with Crippen molar-refractivity contribution < 1.29 is 19.4 Å². The number of anilines is 1. The highest BCUT2D eigenvalue weighted by Crippen LogP contribution is 2.34. The van der Waals surface area contributed by atoms with E-state index in [1.165, 1.54) is 6.20 Å². The lowest BCUT2D eigenvalue weighted by molar-refractivity contribution is -0.134. The van der Waals surface area contributed by atoms with E-state index in [1.54, 1.807) is 62.0 Å². The zero-order valence-corrected chi connectivity index (χ0v) is 23.3. The Morgan fingerprint density at radius 2 is 1.86 bits per heavy atom. The summed E-state index contributed by atoms with van der Waals surface area (Å²) < 4.78 is 12.8. The van der Waals surface area contributed by atoms with Gasteiger partial charge in [0.15, 0.2) is 23.1 Å². The summed E-state index contributed by atoms with van der Waals surface area (Å²) in [5.74, 6) is 0.814. The lowest BCUT2D eigenvalue weighted by Gasteiger charge is -2.20. The number of ether oxygens (including phenoxy) is 2. The molecular weight excluding hydrogens is 554 g/mol. The quantitative estimate of drug-likeness (QED) is 0.119. The van der Waals surface area contributed by atoms with Crippen molar-refractivity contribution in [2.45, 2.75) is 19.6 Å². The molecule has 220 valence electrons. The number of aliphatic carboxylic acids is 1. The van der Waals surface area contributed by atoms with E-state index in [1.807, 2.05) is 24.3 Å².